The Labute approximate surface area is 213 Å². The lowest BCUT2D eigenvalue weighted by Gasteiger charge is -2.29. The fourth-order valence-electron chi connectivity index (χ4n) is 5.39. The number of carbonyl (C=O) groups excluding carboxylic acids is 1. The molecule has 1 aromatic heterocycles. The number of nitrogens with one attached hydrogen (secondary N) is 1. The monoisotopic (exact) mass is 490 g/mol. The normalized spacial score (nSPS) is 17.9. The predicted molar refractivity (Wildman–Crippen MR) is 145 cm³/mol. The molecule has 2 fully saturated rings. The molecule has 2 aliphatic heterocycles. The van der Waals surface area contributed by atoms with Crippen LogP contribution in [0.3, 0.4) is 0 Å². The van der Waals surface area contributed by atoms with Gasteiger partial charge in [-0.3, -0.25) is 0 Å². The Morgan fingerprint density at radius 1 is 0.833 bits per heavy atom. The standard InChI is InChI=1S/C30H39N3O3/c1-21(29(34)36-30(2,3)4)31-28-24-13-11-22(32-15-7-5-8-16-32)19-26(24)35-27-20-23(12-14-25(27)28)33-17-9-6-10-18-33/h11-14,19-21H,5-10,15-18H2,1-4H3/p+1/t21-/m0/s1. The molecule has 6 heteroatoms. The number of esters is 1. The summed E-state index contributed by atoms with van der Waals surface area (Å²) in [5, 5.41) is 2.87. The second-order valence-electron chi connectivity index (χ2n) is 11.3. The predicted octanol–water partition coefficient (Wildman–Crippen LogP) is 4.28. The maximum Gasteiger partial charge on any atom is 0.375 e. The Bertz CT molecular complexity index is 1230. The minimum Gasteiger partial charge on any atom is -0.455 e. The molecule has 6 nitrogen and oxygen atoms in total. The lowest BCUT2D eigenvalue weighted by Crippen LogP contribution is -2.84. The lowest BCUT2D eigenvalue weighted by molar-refractivity contribution is -0.525. The van der Waals surface area contributed by atoms with Crippen molar-refractivity contribution in [2.75, 3.05) is 36.0 Å². The second kappa shape index (κ2) is 10.2. The quantitative estimate of drug-likeness (QED) is 0.437. The first-order chi connectivity index (χ1) is 17.3. The Morgan fingerprint density at radius 3 is 1.75 bits per heavy atom. The number of benzene rings is 2. The first-order valence-corrected chi connectivity index (χ1v) is 13.6. The van der Waals surface area contributed by atoms with Crippen molar-refractivity contribution in [1.82, 2.24) is 0 Å². The number of rotatable bonds is 4. The number of carbonyl (C=O) groups is 1. The fraction of sp³-hybridized carbons (Fsp3) is 0.533. The maximum atomic E-state index is 12.8. The van der Waals surface area contributed by atoms with Crippen molar-refractivity contribution in [3.8, 4) is 0 Å². The van der Waals surface area contributed by atoms with Gasteiger partial charge in [0.1, 0.15) is 16.8 Å². The molecule has 0 saturated carbocycles. The third-order valence-corrected chi connectivity index (χ3v) is 7.25. The molecule has 36 heavy (non-hydrogen) atoms. The number of nitrogens with zero attached hydrogens (tertiary/aromatic N) is 2. The van der Waals surface area contributed by atoms with Crippen LogP contribution in [0.5, 0.6) is 0 Å². The molecule has 0 aliphatic carbocycles. The van der Waals surface area contributed by atoms with Crippen LogP contribution in [0.25, 0.3) is 21.9 Å². The number of ether oxygens (including phenoxy) is 1. The zero-order chi connectivity index (χ0) is 25.3. The van der Waals surface area contributed by atoms with Gasteiger partial charge in [-0.05, 0) is 83.6 Å². The fourth-order valence-corrected chi connectivity index (χ4v) is 5.39. The molecule has 3 heterocycles. The summed E-state index contributed by atoms with van der Waals surface area (Å²) in [6, 6.07) is 12.5. The van der Waals surface area contributed by atoms with E-state index in [1.807, 2.05) is 27.7 Å². The zero-order valence-corrected chi connectivity index (χ0v) is 22.2. The van der Waals surface area contributed by atoms with E-state index in [4.69, 9.17) is 9.15 Å². The van der Waals surface area contributed by atoms with E-state index >= 15 is 0 Å². The van der Waals surface area contributed by atoms with Crippen molar-refractivity contribution in [3.05, 3.63) is 41.8 Å². The van der Waals surface area contributed by atoms with Crippen LogP contribution in [-0.4, -0.2) is 43.8 Å². The van der Waals surface area contributed by atoms with Crippen LogP contribution >= 0.6 is 0 Å². The maximum absolute atomic E-state index is 12.8. The van der Waals surface area contributed by atoms with Crippen LogP contribution < -0.4 is 20.1 Å². The van der Waals surface area contributed by atoms with Crippen LogP contribution in [0.2, 0.25) is 0 Å². The molecule has 0 radical (unpaired) electrons. The van der Waals surface area contributed by atoms with Gasteiger partial charge in [0.15, 0.2) is 0 Å². The van der Waals surface area contributed by atoms with Gasteiger partial charge in [-0.1, -0.05) is 0 Å². The van der Waals surface area contributed by atoms with E-state index < -0.39 is 11.6 Å². The van der Waals surface area contributed by atoms with Gasteiger partial charge in [-0.25, -0.2) is 9.79 Å². The number of hydrogen-bond donors (Lipinski definition) is 1. The summed E-state index contributed by atoms with van der Waals surface area (Å²) < 4.78 is 12.2. The Balaban J connectivity index is 1.64. The van der Waals surface area contributed by atoms with Crippen molar-refractivity contribution in [2.24, 2.45) is 0 Å². The molecule has 0 spiro atoms. The lowest BCUT2D eigenvalue weighted by atomic mass is 10.1. The first-order valence-electron chi connectivity index (χ1n) is 13.6. The molecule has 1 atom stereocenters. The molecule has 3 aromatic rings. The number of hydrogen-bond acceptors (Lipinski definition) is 5. The van der Waals surface area contributed by atoms with E-state index in [1.54, 1.807) is 0 Å². The molecular weight excluding hydrogens is 450 g/mol. The van der Waals surface area contributed by atoms with E-state index in [9.17, 15) is 4.79 Å². The van der Waals surface area contributed by atoms with Crippen LogP contribution in [-0.2, 0) is 9.53 Å². The second-order valence-corrected chi connectivity index (χ2v) is 11.3. The summed E-state index contributed by atoms with van der Waals surface area (Å²) >= 11 is 0. The van der Waals surface area contributed by atoms with Crippen molar-refractivity contribution >= 4 is 39.3 Å². The van der Waals surface area contributed by atoms with Gasteiger partial charge in [-0.15, -0.1) is 0 Å². The molecule has 0 unspecified atom stereocenters. The van der Waals surface area contributed by atoms with Gasteiger partial charge < -0.3 is 19.0 Å². The molecule has 2 saturated heterocycles. The van der Waals surface area contributed by atoms with Gasteiger partial charge in [0, 0.05) is 56.6 Å². The molecule has 5 rings (SSSR count). The van der Waals surface area contributed by atoms with E-state index in [0.29, 0.717) is 0 Å². The highest BCUT2D eigenvalue weighted by atomic mass is 16.6. The van der Waals surface area contributed by atoms with Gasteiger partial charge >= 0.3 is 5.97 Å². The molecule has 1 N–H and O–H groups in total. The third-order valence-electron chi connectivity index (χ3n) is 7.25. The largest absolute Gasteiger partial charge is 0.455 e. The summed E-state index contributed by atoms with van der Waals surface area (Å²) in [7, 11) is 0. The molecule has 2 aromatic carbocycles. The van der Waals surface area contributed by atoms with Gasteiger partial charge in [0.05, 0.1) is 10.8 Å². The number of anilines is 2. The van der Waals surface area contributed by atoms with E-state index in [0.717, 1.165) is 53.5 Å². The topological polar surface area (TPSA) is 59.9 Å². The Hall–Kier alpha value is -3.02. The molecule has 2 aliphatic rings. The molecule has 0 bridgehead atoms. The highest BCUT2D eigenvalue weighted by Crippen LogP contribution is 2.28. The van der Waals surface area contributed by atoms with Crippen molar-refractivity contribution in [1.29, 1.82) is 0 Å². The van der Waals surface area contributed by atoms with E-state index in [2.05, 4.69) is 51.2 Å². The number of piperidine rings is 2. The van der Waals surface area contributed by atoms with Crippen molar-refractivity contribution in [3.63, 3.8) is 0 Å². The highest BCUT2D eigenvalue weighted by molar-refractivity contribution is 5.92. The van der Waals surface area contributed by atoms with E-state index in [-0.39, 0.29) is 5.97 Å². The third kappa shape index (κ3) is 5.37. The molecule has 192 valence electrons. The summed E-state index contributed by atoms with van der Waals surface area (Å²) in [4.78, 5) is 21.2. The SMILES string of the molecule is C[C@H]([NH+]=c1c2ccc(N3CCCCC3)cc2oc2cc(N3CCCCC3)ccc12)C(=O)OC(C)(C)C. The van der Waals surface area contributed by atoms with Crippen LogP contribution in [0.15, 0.2) is 40.8 Å². The van der Waals surface area contributed by atoms with Gasteiger partial charge in [-0.2, -0.15) is 0 Å². The number of fused-ring (bicyclic) bond motifs is 2. The smallest absolute Gasteiger partial charge is 0.375 e. The minimum atomic E-state index is -0.532. The highest BCUT2D eigenvalue weighted by Gasteiger charge is 2.26. The van der Waals surface area contributed by atoms with Crippen LogP contribution in [0, 0.1) is 0 Å². The molecule has 0 amide bonds. The average Bonchev–Trinajstić information content (AvgIpc) is 2.88. The summed E-state index contributed by atoms with van der Waals surface area (Å²) in [5.41, 5.74) is 3.53. The van der Waals surface area contributed by atoms with Crippen molar-refractivity contribution < 1.29 is 18.9 Å². The zero-order valence-electron chi connectivity index (χ0n) is 22.2. The summed E-state index contributed by atoms with van der Waals surface area (Å²) in [6.45, 7) is 11.9. The van der Waals surface area contributed by atoms with Crippen LogP contribution in [0.4, 0.5) is 11.4 Å². The minimum absolute atomic E-state index is 0.264. The summed E-state index contributed by atoms with van der Waals surface area (Å²) in [5.74, 6) is -0.264. The Morgan fingerprint density at radius 2 is 1.31 bits per heavy atom. The molecular formula is C30H40N3O3+. The van der Waals surface area contributed by atoms with Gasteiger partial charge in [0.25, 0.3) is 0 Å². The average molecular weight is 491 g/mol. The van der Waals surface area contributed by atoms with E-state index in [1.165, 1.54) is 49.9 Å². The first kappa shape index (κ1) is 24.7. The van der Waals surface area contributed by atoms with Crippen molar-refractivity contribution in [2.45, 2.75) is 77.9 Å². The Kier molecular flexibility index (Phi) is 6.96. The van der Waals surface area contributed by atoms with Crippen LogP contribution in [0.1, 0.15) is 66.2 Å². The van der Waals surface area contributed by atoms with Gasteiger partial charge in [0.2, 0.25) is 11.4 Å². The summed E-state index contributed by atoms with van der Waals surface area (Å²) in [6.07, 6.45) is 7.52.